The quantitative estimate of drug-likeness (QED) is 0.796. The molecule has 0 aliphatic carbocycles. The molecule has 1 aromatic carbocycles. The molecule has 6 heteroatoms. The first-order valence-corrected chi connectivity index (χ1v) is 8.34. The van der Waals surface area contributed by atoms with Gasteiger partial charge < -0.3 is 14.4 Å². The summed E-state index contributed by atoms with van der Waals surface area (Å²) < 4.78 is 5.86. The summed E-state index contributed by atoms with van der Waals surface area (Å²) in [6.07, 6.45) is 4.02. The van der Waals surface area contributed by atoms with Gasteiger partial charge >= 0.3 is 0 Å². The van der Waals surface area contributed by atoms with Crippen LogP contribution in [0.1, 0.15) is 24.7 Å². The molecule has 24 heavy (non-hydrogen) atoms. The van der Waals surface area contributed by atoms with Gasteiger partial charge in [-0.2, -0.15) is 0 Å². The van der Waals surface area contributed by atoms with Crippen LogP contribution in [0.2, 0.25) is 0 Å². The van der Waals surface area contributed by atoms with Crippen molar-refractivity contribution in [2.45, 2.75) is 18.9 Å². The van der Waals surface area contributed by atoms with E-state index in [4.69, 9.17) is 4.42 Å². The number of nitrogens with zero attached hydrogens (tertiary/aromatic N) is 1. The second-order valence-corrected chi connectivity index (χ2v) is 6.48. The van der Waals surface area contributed by atoms with E-state index in [-0.39, 0.29) is 12.2 Å². The Kier molecular flexibility index (Phi) is 4.43. The maximum absolute atomic E-state index is 12.7. The van der Waals surface area contributed by atoms with Crippen LogP contribution < -0.4 is 4.90 Å². The second-order valence-electron chi connectivity index (χ2n) is 5.56. The lowest BCUT2D eigenvalue weighted by molar-refractivity contribution is -0.140. The van der Waals surface area contributed by atoms with Gasteiger partial charge in [-0.05, 0) is 49.4 Å². The van der Waals surface area contributed by atoms with E-state index >= 15 is 0 Å². The molecule has 0 bridgehead atoms. The van der Waals surface area contributed by atoms with Crippen molar-refractivity contribution in [1.82, 2.24) is 0 Å². The van der Waals surface area contributed by atoms with Gasteiger partial charge in [0.2, 0.25) is 0 Å². The Bertz CT molecular complexity index is 812. The Morgan fingerprint density at radius 2 is 2.21 bits per heavy atom. The molecule has 1 unspecified atom stereocenters. The van der Waals surface area contributed by atoms with Gasteiger partial charge in [0.1, 0.15) is 5.76 Å². The monoisotopic (exact) mass is 389 g/mol. The number of allylic oxidation sites excluding steroid dienone is 1. The minimum absolute atomic E-state index is 0.316. The lowest BCUT2D eigenvalue weighted by atomic mass is 9.90. The van der Waals surface area contributed by atoms with Crippen LogP contribution in [0.4, 0.5) is 5.69 Å². The molecule has 1 N–H and O–H groups in total. The Labute approximate surface area is 147 Å². The molecular formula is C18H16BrNO4. The number of fused-ring (bicyclic) bond motifs is 1. The van der Waals surface area contributed by atoms with Crippen LogP contribution in [0.5, 0.6) is 0 Å². The molecule has 3 rings (SSSR count). The molecule has 1 amide bonds. The van der Waals surface area contributed by atoms with Crippen molar-refractivity contribution in [2.24, 2.45) is 0 Å². The first kappa shape index (κ1) is 16.7. The summed E-state index contributed by atoms with van der Waals surface area (Å²) in [7, 11) is 0. The third-order valence-corrected chi connectivity index (χ3v) is 4.51. The van der Waals surface area contributed by atoms with Gasteiger partial charge in [-0.1, -0.05) is 15.9 Å². The number of ketones is 1. The molecule has 5 nitrogen and oxygen atoms in total. The average molecular weight is 390 g/mol. The topological polar surface area (TPSA) is 70.8 Å². The fourth-order valence-electron chi connectivity index (χ4n) is 2.88. The number of carbonyl (C=O) groups excluding carboxylic acids is 2. The standard InChI is InChI=1S/C18H16BrNO4/c1-2-20-16-8-5-12(19)10-15(16)18(23,17(20)22)11-13(21)6-7-14-4-3-9-24-14/h3-10,23H,2,11H2,1H3. The van der Waals surface area contributed by atoms with E-state index in [1.54, 1.807) is 30.3 Å². The first-order chi connectivity index (χ1) is 11.5. The highest BCUT2D eigenvalue weighted by atomic mass is 79.9. The molecular weight excluding hydrogens is 374 g/mol. The molecule has 1 aliphatic rings. The lowest BCUT2D eigenvalue weighted by Crippen LogP contribution is -2.41. The number of halogens is 1. The largest absolute Gasteiger partial charge is 0.465 e. The Morgan fingerprint density at radius 3 is 2.88 bits per heavy atom. The van der Waals surface area contributed by atoms with E-state index in [1.165, 1.54) is 23.3 Å². The van der Waals surface area contributed by atoms with Crippen LogP contribution in [-0.2, 0) is 15.2 Å². The van der Waals surface area contributed by atoms with Gasteiger partial charge in [0.05, 0.1) is 18.4 Å². The summed E-state index contributed by atoms with van der Waals surface area (Å²) in [5.41, 5.74) is -0.765. The highest BCUT2D eigenvalue weighted by molar-refractivity contribution is 9.10. The summed E-state index contributed by atoms with van der Waals surface area (Å²) in [6, 6.07) is 8.68. The summed E-state index contributed by atoms with van der Waals surface area (Å²) in [6.45, 7) is 2.25. The fourth-order valence-corrected chi connectivity index (χ4v) is 3.24. The predicted molar refractivity (Wildman–Crippen MR) is 93.4 cm³/mol. The van der Waals surface area contributed by atoms with Gasteiger partial charge in [0, 0.05) is 16.6 Å². The summed E-state index contributed by atoms with van der Waals surface area (Å²) in [5.74, 6) is -0.296. The summed E-state index contributed by atoms with van der Waals surface area (Å²) in [4.78, 5) is 26.4. The predicted octanol–water partition coefficient (Wildman–Crippen LogP) is 3.27. The molecule has 1 aliphatic heterocycles. The highest BCUT2D eigenvalue weighted by Crippen LogP contribution is 2.43. The zero-order valence-corrected chi connectivity index (χ0v) is 14.6. The molecule has 2 heterocycles. The van der Waals surface area contributed by atoms with Crippen molar-refractivity contribution in [3.8, 4) is 0 Å². The van der Waals surface area contributed by atoms with Gasteiger partial charge in [-0.3, -0.25) is 9.59 Å². The number of furan rings is 1. The average Bonchev–Trinajstić information content (AvgIpc) is 3.13. The van der Waals surface area contributed by atoms with Crippen molar-refractivity contribution in [1.29, 1.82) is 0 Å². The maximum atomic E-state index is 12.7. The molecule has 124 valence electrons. The van der Waals surface area contributed by atoms with E-state index in [0.29, 0.717) is 23.6 Å². The minimum Gasteiger partial charge on any atom is -0.465 e. The Balaban J connectivity index is 1.90. The number of aliphatic hydroxyl groups is 1. The van der Waals surface area contributed by atoms with Crippen LogP contribution in [0.3, 0.4) is 0 Å². The van der Waals surface area contributed by atoms with Crippen LogP contribution >= 0.6 is 15.9 Å². The zero-order valence-electron chi connectivity index (χ0n) is 13.0. The Hall–Kier alpha value is -2.18. The number of benzene rings is 1. The molecule has 1 aromatic heterocycles. The fraction of sp³-hybridized carbons (Fsp3) is 0.222. The van der Waals surface area contributed by atoms with Crippen molar-refractivity contribution in [3.05, 3.63) is 58.5 Å². The van der Waals surface area contributed by atoms with E-state index in [9.17, 15) is 14.7 Å². The minimum atomic E-state index is -1.85. The molecule has 0 saturated carbocycles. The van der Waals surface area contributed by atoms with Crippen LogP contribution in [0.15, 0.2) is 51.6 Å². The van der Waals surface area contributed by atoms with E-state index < -0.39 is 11.5 Å². The molecule has 0 fully saturated rings. The van der Waals surface area contributed by atoms with Crippen molar-refractivity contribution in [2.75, 3.05) is 11.4 Å². The SMILES string of the molecule is CCN1C(=O)C(O)(CC(=O)C=Cc2ccco2)c2cc(Br)ccc21. The smallest absolute Gasteiger partial charge is 0.264 e. The van der Waals surface area contributed by atoms with Crippen molar-refractivity contribution in [3.63, 3.8) is 0 Å². The molecule has 1 atom stereocenters. The number of hydrogen-bond donors (Lipinski definition) is 1. The third-order valence-electron chi connectivity index (χ3n) is 4.02. The van der Waals surface area contributed by atoms with Gasteiger partial charge in [-0.25, -0.2) is 0 Å². The van der Waals surface area contributed by atoms with Crippen LogP contribution in [0.25, 0.3) is 6.08 Å². The third kappa shape index (κ3) is 2.83. The maximum Gasteiger partial charge on any atom is 0.264 e. The van der Waals surface area contributed by atoms with Gasteiger partial charge in [0.25, 0.3) is 5.91 Å². The second kappa shape index (κ2) is 6.37. The molecule has 2 aromatic rings. The van der Waals surface area contributed by atoms with E-state index in [1.807, 2.05) is 6.92 Å². The van der Waals surface area contributed by atoms with E-state index in [2.05, 4.69) is 15.9 Å². The van der Waals surface area contributed by atoms with Crippen LogP contribution in [0, 0.1) is 0 Å². The van der Waals surface area contributed by atoms with E-state index in [0.717, 1.165) is 4.47 Å². The summed E-state index contributed by atoms with van der Waals surface area (Å²) >= 11 is 3.35. The number of carbonyl (C=O) groups is 2. The number of anilines is 1. The van der Waals surface area contributed by atoms with Gasteiger partial charge in [0.15, 0.2) is 11.4 Å². The van der Waals surface area contributed by atoms with Crippen molar-refractivity contribution < 1.29 is 19.1 Å². The molecule has 0 spiro atoms. The number of likely N-dealkylation sites (N-methyl/N-ethyl adjacent to an activating group) is 1. The number of amides is 1. The zero-order chi connectivity index (χ0) is 17.3. The van der Waals surface area contributed by atoms with Crippen molar-refractivity contribution >= 4 is 39.4 Å². The summed E-state index contributed by atoms with van der Waals surface area (Å²) in [5, 5.41) is 11.0. The first-order valence-electron chi connectivity index (χ1n) is 7.54. The van der Waals surface area contributed by atoms with Gasteiger partial charge in [-0.15, -0.1) is 0 Å². The molecule has 0 radical (unpaired) electrons. The number of rotatable bonds is 5. The lowest BCUT2D eigenvalue weighted by Gasteiger charge is -2.21. The normalized spacial score (nSPS) is 20.0. The molecule has 0 saturated heterocycles. The Morgan fingerprint density at radius 1 is 1.42 bits per heavy atom. The van der Waals surface area contributed by atoms with Crippen LogP contribution in [-0.4, -0.2) is 23.3 Å². The highest BCUT2D eigenvalue weighted by Gasteiger charge is 2.50. The number of hydrogen-bond acceptors (Lipinski definition) is 4.